The Kier molecular flexibility index (Phi) is 5.96. The summed E-state index contributed by atoms with van der Waals surface area (Å²) >= 11 is 0. The van der Waals surface area contributed by atoms with Crippen LogP contribution in [0, 0.1) is 19.7 Å². The highest BCUT2D eigenvalue weighted by atomic mass is 19.1. The van der Waals surface area contributed by atoms with Crippen molar-refractivity contribution >= 4 is 5.91 Å². The van der Waals surface area contributed by atoms with Crippen molar-refractivity contribution in [3.8, 4) is 5.75 Å². The van der Waals surface area contributed by atoms with Gasteiger partial charge in [-0.15, -0.1) is 0 Å². The molecule has 2 aromatic carbocycles. The molecule has 0 saturated carbocycles. The van der Waals surface area contributed by atoms with Gasteiger partial charge in [-0.25, -0.2) is 4.39 Å². The lowest BCUT2D eigenvalue weighted by molar-refractivity contribution is -0.123. The summed E-state index contributed by atoms with van der Waals surface area (Å²) in [6, 6.07) is 10.8. The van der Waals surface area contributed by atoms with Crippen LogP contribution in [0.3, 0.4) is 0 Å². The number of aryl methyl sites for hydroxylation is 2. The van der Waals surface area contributed by atoms with Crippen LogP contribution >= 0.6 is 0 Å². The molecule has 1 N–H and O–H groups in total. The van der Waals surface area contributed by atoms with Crippen LogP contribution in [0.1, 0.15) is 42.0 Å². The van der Waals surface area contributed by atoms with Gasteiger partial charge in [-0.3, -0.25) is 4.79 Å². The molecule has 0 spiro atoms. The van der Waals surface area contributed by atoms with Gasteiger partial charge in [0.05, 0.1) is 0 Å². The van der Waals surface area contributed by atoms with E-state index in [-0.39, 0.29) is 18.3 Å². The second-order valence-electron chi connectivity index (χ2n) is 6.34. The zero-order chi connectivity index (χ0) is 17.7. The van der Waals surface area contributed by atoms with Crippen molar-refractivity contribution in [2.24, 2.45) is 0 Å². The van der Waals surface area contributed by atoms with E-state index in [1.54, 1.807) is 19.1 Å². The Morgan fingerprint density at radius 2 is 1.92 bits per heavy atom. The number of benzene rings is 2. The standard InChI is InChI=1S/C20H24FNO2/c1-13(2)17-7-5-14(3)9-19(17)24-12-20(23)22-11-16-6-8-18(21)15(4)10-16/h5-10,13H,11-12H2,1-4H3,(H,22,23). The third kappa shape index (κ3) is 4.82. The average Bonchev–Trinajstić information content (AvgIpc) is 2.53. The predicted octanol–water partition coefficient (Wildman–Crippen LogP) is 4.26. The van der Waals surface area contributed by atoms with E-state index >= 15 is 0 Å². The number of nitrogens with one attached hydrogen (secondary N) is 1. The van der Waals surface area contributed by atoms with Gasteiger partial charge in [0.25, 0.3) is 5.91 Å². The SMILES string of the molecule is Cc1ccc(C(C)C)c(OCC(=O)NCc2ccc(F)c(C)c2)c1. The van der Waals surface area contributed by atoms with E-state index in [2.05, 4.69) is 19.2 Å². The summed E-state index contributed by atoms with van der Waals surface area (Å²) in [5.41, 5.74) is 3.61. The van der Waals surface area contributed by atoms with Gasteiger partial charge in [-0.2, -0.15) is 0 Å². The van der Waals surface area contributed by atoms with Gasteiger partial charge in [-0.05, 0) is 54.2 Å². The molecule has 0 aliphatic heterocycles. The summed E-state index contributed by atoms with van der Waals surface area (Å²) in [4.78, 5) is 12.0. The number of carbonyl (C=O) groups excluding carboxylic acids is 1. The number of ether oxygens (including phenoxy) is 1. The van der Waals surface area contributed by atoms with Crippen molar-refractivity contribution in [2.75, 3.05) is 6.61 Å². The number of amides is 1. The lowest BCUT2D eigenvalue weighted by Gasteiger charge is -2.15. The largest absolute Gasteiger partial charge is 0.483 e. The van der Waals surface area contributed by atoms with Gasteiger partial charge in [0.15, 0.2) is 6.61 Å². The fourth-order valence-electron chi connectivity index (χ4n) is 2.46. The van der Waals surface area contributed by atoms with Crippen molar-refractivity contribution in [2.45, 2.75) is 40.2 Å². The topological polar surface area (TPSA) is 38.3 Å². The molecule has 0 aromatic heterocycles. The minimum Gasteiger partial charge on any atom is -0.483 e. The van der Waals surface area contributed by atoms with E-state index < -0.39 is 0 Å². The van der Waals surface area contributed by atoms with Crippen molar-refractivity contribution < 1.29 is 13.9 Å². The summed E-state index contributed by atoms with van der Waals surface area (Å²) in [5.74, 6) is 0.630. The molecule has 0 aliphatic rings. The lowest BCUT2D eigenvalue weighted by Crippen LogP contribution is -2.28. The molecule has 4 heteroatoms. The summed E-state index contributed by atoms with van der Waals surface area (Å²) in [5, 5.41) is 2.79. The van der Waals surface area contributed by atoms with Crippen molar-refractivity contribution in [1.29, 1.82) is 0 Å². The molecule has 0 radical (unpaired) electrons. The quantitative estimate of drug-likeness (QED) is 0.860. The zero-order valence-corrected chi connectivity index (χ0v) is 14.7. The molecule has 0 saturated heterocycles. The van der Waals surface area contributed by atoms with Crippen LogP contribution in [-0.4, -0.2) is 12.5 Å². The molecular formula is C20H24FNO2. The maximum absolute atomic E-state index is 13.2. The molecule has 24 heavy (non-hydrogen) atoms. The molecule has 2 aromatic rings. The molecule has 2 rings (SSSR count). The number of hydrogen-bond donors (Lipinski definition) is 1. The number of hydrogen-bond acceptors (Lipinski definition) is 2. The zero-order valence-electron chi connectivity index (χ0n) is 14.7. The van der Waals surface area contributed by atoms with Gasteiger partial charge in [0.1, 0.15) is 11.6 Å². The smallest absolute Gasteiger partial charge is 0.258 e. The van der Waals surface area contributed by atoms with E-state index in [4.69, 9.17) is 4.74 Å². The average molecular weight is 329 g/mol. The Balaban J connectivity index is 1.91. The lowest BCUT2D eigenvalue weighted by atomic mass is 10.0. The number of carbonyl (C=O) groups is 1. The van der Waals surface area contributed by atoms with Gasteiger partial charge in [-0.1, -0.05) is 38.1 Å². The fraction of sp³-hybridized carbons (Fsp3) is 0.350. The van der Waals surface area contributed by atoms with Gasteiger partial charge in [0, 0.05) is 6.54 Å². The van der Waals surface area contributed by atoms with E-state index in [1.165, 1.54) is 6.07 Å². The van der Waals surface area contributed by atoms with Gasteiger partial charge < -0.3 is 10.1 Å². The maximum atomic E-state index is 13.2. The van der Waals surface area contributed by atoms with Gasteiger partial charge in [0.2, 0.25) is 0 Å². The third-order valence-electron chi connectivity index (χ3n) is 3.86. The number of halogens is 1. The Bertz CT molecular complexity index is 726. The Morgan fingerprint density at radius 1 is 1.17 bits per heavy atom. The molecule has 0 atom stereocenters. The highest BCUT2D eigenvalue weighted by Crippen LogP contribution is 2.27. The molecule has 1 amide bonds. The first kappa shape index (κ1) is 18.0. The van der Waals surface area contributed by atoms with Crippen molar-refractivity contribution in [3.63, 3.8) is 0 Å². The first-order chi connectivity index (χ1) is 11.4. The molecule has 3 nitrogen and oxygen atoms in total. The van der Waals surface area contributed by atoms with Crippen LogP contribution in [0.25, 0.3) is 0 Å². The van der Waals surface area contributed by atoms with Crippen LogP contribution in [0.4, 0.5) is 4.39 Å². The van der Waals surface area contributed by atoms with E-state index in [0.29, 0.717) is 18.0 Å². The van der Waals surface area contributed by atoms with E-state index in [1.807, 2.05) is 25.1 Å². The second kappa shape index (κ2) is 7.95. The third-order valence-corrected chi connectivity index (χ3v) is 3.86. The second-order valence-corrected chi connectivity index (χ2v) is 6.34. The van der Waals surface area contributed by atoms with Crippen LogP contribution in [0.2, 0.25) is 0 Å². The summed E-state index contributed by atoms with van der Waals surface area (Å²) < 4.78 is 18.9. The number of rotatable bonds is 6. The van der Waals surface area contributed by atoms with E-state index in [9.17, 15) is 9.18 Å². The maximum Gasteiger partial charge on any atom is 0.258 e. The molecule has 0 unspecified atom stereocenters. The molecule has 0 aliphatic carbocycles. The summed E-state index contributed by atoms with van der Waals surface area (Å²) in [7, 11) is 0. The molecular weight excluding hydrogens is 305 g/mol. The molecule has 128 valence electrons. The van der Waals surface area contributed by atoms with Crippen molar-refractivity contribution in [3.05, 3.63) is 64.5 Å². The summed E-state index contributed by atoms with van der Waals surface area (Å²) in [6.45, 7) is 8.20. The van der Waals surface area contributed by atoms with Crippen LogP contribution in [-0.2, 0) is 11.3 Å². The van der Waals surface area contributed by atoms with Gasteiger partial charge >= 0.3 is 0 Å². The summed E-state index contributed by atoms with van der Waals surface area (Å²) in [6.07, 6.45) is 0. The minimum atomic E-state index is -0.242. The Labute approximate surface area is 142 Å². The molecule has 0 fully saturated rings. The highest BCUT2D eigenvalue weighted by Gasteiger charge is 2.10. The minimum absolute atomic E-state index is 0.0383. The van der Waals surface area contributed by atoms with Crippen LogP contribution in [0.5, 0.6) is 5.75 Å². The Morgan fingerprint density at radius 3 is 2.58 bits per heavy atom. The predicted molar refractivity (Wildman–Crippen MR) is 93.7 cm³/mol. The van der Waals surface area contributed by atoms with Crippen LogP contribution in [0.15, 0.2) is 36.4 Å². The van der Waals surface area contributed by atoms with Crippen LogP contribution < -0.4 is 10.1 Å². The monoisotopic (exact) mass is 329 g/mol. The Hall–Kier alpha value is -2.36. The first-order valence-corrected chi connectivity index (χ1v) is 8.12. The van der Waals surface area contributed by atoms with E-state index in [0.717, 1.165) is 22.4 Å². The molecule has 0 bridgehead atoms. The highest BCUT2D eigenvalue weighted by molar-refractivity contribution is 5.77. The fourth-order valence-corrected chi connectivity index (χ4v) is 2.46. The normalized spacial score (nSPS) is 10.8. The first-order valence-electron chi connectivity index (χ1n) is 8.12. The molecule has 0 heterocycles. The van der Waals surface area contributed by atoms with Crippen molar-refractivity contribution in [1.82, 2.24) is 5.32 Å².